The second kappa shape index (κ2) is 14.4. The van der Waals surface area contributed by atoms with Gasteiger partial charge in [-0.1, -0.05) is 36.4 Å². The van der Waals surface area contributed by atoms with Crippen LogP contribution in [-0.4, -0.2) is 49.0 Å². The van der Waals surface area contributed by atoms with E-state index in [-0.39, 0.29) is 32.3 Å². The molecule has 0 spiro atoms. The lowest BCUT2D eigenvalue weighted by atomic mass is 10.1. The van der Waals surface area contributed by atoms with E-state index in [1.165, 1.54) is 74.9 Å². The Morgan fingerprint density at radius 2 is 0.962 bits per heavy atom. The molecule has 264 valence electrons. The molecule has 0 aromatic heterocycles. The van der Waals surface area contributed by atoms with E-state index in [0.29, 0.717) is 32.9 Å². The van der Waals surface area contributed by atoms with E-state index in [0.717, 1.165) is 0 Å². The van der Waals surface area contributed by atoms with Crippen LogP contribution in [0.15, 0.2) is 131 Å². The first-order chi connectivity index (χ1) is 24.8. The Labute approximate surface area is 298 Å². The minimum absolute atomic E-state index is 0.0247. The average molecular weight is 739 g/mol. The number of sulfonamides is 2. The fraction of sp³-hybridized carbons (Fsp3) is 0.0541. The van der Waals surface area contributed by atoms with Crippen LogP contribution in [0, 0.1) is 0 Å². The number of hydrogen-bond donors (Lipinski definition) is 4. The Kier molecular flexibility index (Phi) is 9.81. The van der Waals surface area contributed by atoms with Crippen LogP contribution < -0.4 is 20.1 Å². The maximum Gasteiger partial charge on any atom is 0.339 e. The molecule has 0 fully saturated rings. The molecule has 52 heavy (non-hydrogen) atoms. The molecule has 0 unspecified atom stereocenters. The molecule has 2 amide bonds. The lowest BCUT2D eigenvalue weighted by Gasteiger charge is -2.13. The summed E-state index contributed by atoms with van der Waals surface area (Å²) in [4.78, 5) is 36.6. The monoisotopic (exact) mass is 738 g/mol. The summed E-state index contributed by atoms with van der Waals surface area (Å²) in [6, 6.07) is 30.5. The van der Waals surface area contributed by atoms with Crippen molar-refractivity contribution >= 4 is 82.3 Å². The SMILES string of the molecule is COC(=O)c1ccc(NS(=O)(=O)c2ccc3cc(NC(=O)Nc4ccc5cc(S(=O)(=O)Nc6ccccc6C(=O)OC)ccc5c4)ccc3c2)cc1. The van der Waals surface area contributed by atoms with Gasteiger partial charge >= 0.3 is 18.0 Å². The number of nitrogens with one attached hydrogen (secondary N) is 4. The van der Waals surface area contributed by atoms with Gasteiger partial charge in [-0.05, 0) is 106 Å². The van der Waals surface area contributed by atoms with Crippen molar-refractivity contribution in [3.05, 3.63) is 132 Å². The minimum Gasteiger partial charge on any atom is -0.465 e. The first-order valence-corrected chi connectivity index (χ1v) is 18.4. The molecule has 4 N–H and O–H groups in total. The summed E-state index contributed by atoms with van der Waals surface area (Å²) in [6.45, 7) is 0. The van der Waals surface area contributed by atoms with Gasteiger partial charge in [0.25, 0.3) is 20.0 Å². The predicted molar refractivity (Wildman–Crippen MR) is 198 cm³/mol. The van der Waals surface area contributed by atoms with Crippen molar-refractivity contribution in [1.29, 1.82) is 0 Å². The number of esters is 2. The highest BCUT2D eigenvalue weighted by atomic mass is 32.2. The number of methoxy groups -OCH3 is 2. The van der Waals surface area contributed by atoms with E-state index in [1.807, 2.05) is 0 Å². The van der Waals surface area contributed by atoms with Gasteiger partial charge in [-0.2, -0.15) is 0 Å². The third-order valence-electron chi connectivity index (χ3n) is 7.89. The summed E-state index contributed by atoms with van der Waals surface area (Å²) in [5, 5.41) is 8.07. The molecule has 6 aromatic carbocycles. The van der Waals surface area contributed by atoms with Crippen LogP contribution in [-0.2, 0) is 29.5 Å². The second-order valence-electron chi connectivity index (χ2n) is 11.3. The second-order valence-corrected chi connectivity index (χ2v) is 14.7. The zero-order chi connectivity index (χ0) is 37.0. The Morgan fingerprint density at radius 1 is 0.500 bits per heavy atom. The Morgan fingerprint density at radius 3 is 1.50 bits per heavy atom. The molecule has 0 bridgehead atoms. The zero-order valence-corrected chi connectivity index (χ0v) is 29.2. The highest BCUT2D eigenvalue weighted by Crippen LogP contribution is 2.27. The third kappa shape index (κ3) is 7.80. The summed E-state index contributed by atoms with van der Waals surface area (Å²) in [6.07, 6.45) is 0. The molecule has 0 saturated carbocycles. The Hall–Kier alpha value is -6.45. The minimum atomic E-state index is -4.06. The fourth-order valence-electron chi connectivity index (χ4n) is 5.30. The number of para-hydroxylation sites is 1. The van der Waals surface area contributed by atoms with Gasteiger partial charge in [-0.15, -0.1) is 0 Å². The summed E-state index contributed by atoms with van der Waals surface area (Å²) >= 11 is 0. The molecular weight excluding hydrogens is 709 g/mol. The van der Waals surface area contributed by atoms with E-state index in [2.05, 4.69) is 24.8 Å². The molecule has 0 aliphatic heterocycles. The number of hydrogen-bond acceptors (Lipinski definition) is 9. The van der Waals surface area contributed by atoms with E-state index in [1.54, 1.807) is 60.7 Å². The van der Waals surface area contributed by atoms with Gasteiger partial charge in [0.1, 0.15) is 0 Å². The van der Waals surface area contributed by atoms with E-state index in [4.69, 9.17) is 4.74 Å². The molecule has 0 aliphatic carbocycles. The van der Waals surface area contributed by atoms with Gasteiger partial charge in [-0.3, -0.25) is 9.44 Å². The van der Waals surface area contributed by atoms with Crippen LogP contribution in [0.25, 0.3) is 21.5 Å². The Bertz CT molecular complexity index is 2590. The van der Waals surface area contributed by atoms with Gasteiger partial charge < -0.3 is 20.1 Å². The number of amides is 2. The van der Waals surface area contributed by atoms with Crippen molar-refractivity contribution in [2.45, 2.75) is 9.79 Å². The molecule has 6 aromatic rings. The molecular formula is C37H30N4O9S2. The van der Waals surface area contributed by atoms with Crippen molar-refractivity contribution in [2.75, 3.05) is 34.3 Å². The number of anilines is 4. The summed E-state index contributed by atoms with van der Waals surface area (Å²) in [7, 11) is -5.54. The molecule has 0 saturated heterocycles. The molecule has 0 heterocycles. The number of carbonyl (C=O) groups is 3. The van der Waals surface area contributed by atoms with Crippen molar-refractivity contribution in [3.8, 4) is 0 Å². The van der Waals surface area contributed by atoms with Crippen molar-refractivity contribution in [2.24, 2.45) is 0 Å². The van der Waals surface area contributed by atoms with Gasteiger partial charge in [-0.25, -0.2) is 31.2 Å². The van der Waals surface area contributed by atoms with Gasteiger partial charge in [0.15, 0.2) is 0 Å². The molecule has 0 atom stereocenters. The topological polar surface area (TPSA) is 186 Å². The van der Waals surface area contributed by atoms with E-state index in [9.17, 15) is 31.2 Å². The standard InChI is InChI=1S/C37H30N4O9S2/c1-49-35(42)23-7-13-28(14-8-23)40-51(45,46)31-17-11-24-19-29(15-9-26(24)21-31)38-37(44)39-30-16-10-27-22-32(18-12-25(27)20-30)52(47,48)41-34-6-4-3-5-33(34)36(43)50-2/h3-22,40-41H,1-2H3,(H2,38,39,44). The molecule has 0 aliphatic rings. The van der Waals surface area contributed by atoms with E-state index >= 15 is 0 Å². The zero-order valence-electron chi connectivity index (χ0n) is 27.5. The van der Waals surface area contributed by atoms with Crippen LogP contribution in [0.3, 0.4) is 0 Å². The number of benzene rings is 6. The van der Waals surface area contributed by atoms with E-state index < -0.39 is 38.0 Å². The first kappa shape index (κ1) is 35.4. The lowest BCUT2D eigenvalue weighted by molar-refractivity contribution is 0.0592. The summed E-state index contributed by atoms with van der Waals surface area (Å²) < 4.78 is 66.8. The van der Waals surface area contributed by atoms with Crippen LogP contribution in [0.1, 0.15) is 20.7 Å². The van der Waals surface area contributed by atoms with Crippen LogP contribution in [0.5, 0.6) is 0 Å². The number of carbonyl (C=O) groups excluding carboxylic acids is 3. The maximum absolute atomic E-state index is 13.2. The number of rotatable bonds is 10. The lowest BCUT2D eigenvalue weighted by Crippen LogP contribution is -2.19. The third-order valence-corrected chi connectivity index (χ3v) is 10.6. The number of urea groups is 1. The van der Waals surface area contributed by atoms with Crippen LogP contribution in [0.2, 0.25) is 0 Å². The highest BCUT2D eigenvalue weighted by Gasteiger charge is 2.20. The normalized spacial score (nSPS) is 11.4. The number of ether oxygens (including phenoxy) is 2. The van der Waals surface area contributed by atoms with Crippen molar-refractivity contribution in [1.82, 2.24) is 0 Å². The fourth-order valence-corrected chi connectivity index (χ4v) is 7.51. The number of fused-ring (bicyclic) bond motifs is 2. The van der Waals surface area contributed by atoms with Gasteiger partial charge in [0.2, 0.25) is 0 Å². The molecule has 6 rings (SSSR count). The van der Waals surface area contributed by atoms with Gasteiger partial charge in [0.05, 0.1) is 40.8 Å². The van der Waals surface area contributed by atoms with Crippen LogP contribution in [0.4, 0.5) is 27.5 Å². The molecule has 13 nitrogen and oxygen atoms in total. The van der Waals surface area contributed by atoms with Gasteiger partial charge in [0, 0.05) is 17.1 Å². The highest BCUT2D eigenvalue weighted by molar-refractivity contribution is 7.93. The average Bonchev–Trinajstić information content (AvgIpc) is 3.13. The smallest absolute Gasteiger partial charge is 0.339 e. The molecule has 15 heteroatoms. The first-order valence-electron chi connectivity index (χ1n) is 15.4. The Balaban J connectivity index is 1.11. The maximum atomic E-state index is 13.2. The summed E-state index contributed by atoms with van der Waals surface area (Å²) in [5.74, 6) is -1.21. The molecule has 0 radical (unpaired) electrons. The largest absolute Gasteiger partial charge is 0.465 e. The van der Waals surface area contributed by atoms with Crippen molar-refractivity contribution < 1.29 is 40.7 Å². The predicted octanol–water partition coefficient (Wildman–Crippen LogP) is 6.81. The quantitative estimate of drug-likeness (QED) is 0.110. The van der Waals surface area contributed by atoms with Crippen LogP contribution >= 0.6 is 0 Å². The van der Waals surface area contributed by atoms with Crippen molar-refractivity contribution in [3.63, 3.8) is 0 Å². The summed E-state index contributed by atoms with van der Waals surface area (Å²) in [5.41, 5.74) is 1.62.